The molecule has 0 aliphatic heterocycles. The Morgan fingerprint density at radius 2 is 2.00 bits per heavy atom. The van der Waals surface area contributed by atoms with Crippen LogP contribution < -0.4 is 0 Å². The topological polar surface area (TPSA) is 44.1 Å². The van der Waals surface area contributed by atoms with Crippen molar-refractivity contribution in [3.05, 3.63) is 35.9 Å². The Morgan fingerprint density at radius 1 is 1.36 bits per heavy atom. The van der Waals surface area contributed by atoms with Crippen LogP contribution >= 0.6 is 0 Å². The lowest BCUT2D eigenvalue weighted by Crippen LogP contribution is -2.03. The van der Waals surface area contributed by atoms with Gasteiger partial charge in [0.15, 0.2) is 0 Å². The van der Waals surface area contributed by atoms with Crippen LogP contribution in [0, 0.1) is 5.41 Å². The number of hydrogen-bond donors (Lipinski definition) is 2. The first kappa shape index (κ1) is 7.95. The van der Waals surface area contributed by atoms with E-state index in [0.29, 0.717) is 0 Å². The van der Waals surface area contributed by atoms with Crippen LogP contribution in [0.15, 0.2) is 30.3 Å². The Kier molecular flexibility index (Phi) is 2.81. The summed E-state index contributed by atoms with van der Waals surface area (Å²) in [5.74, 6) is -0.142. The molecule has 0 aliphatic carbocycles. The molecule has 0 unspecified atom stereocenters. The molecule has 0 aliphatic rings. The summed E-state index contributed by atoms with van der Waals surface area (Å²) < 4.78 is 0. The molecule has 1 aromatic rings. The Balaban J connectivity index is 2.82. The maximum atomic E-state index is 8.83. The molecule has 0 saturated heterocycles. The van der Waals surface area contributed by atoms with E-state index >= 15 is 0 Å². The average molecular weight is 149 g/mol. The quantitative estimate of drug-likeness (QED) is 0.627. The largest absolute Gasteiger partial charge is 0.395 e. The van der Waals surface area contributed by atoms with Crippen LogP contribution in [0.5, 0.6) is 0 Å². The van der Waals surface area contributed by atoms with E-state index in [1.165, 1.54) is 6.21 Å². The van der Waals surface area contributed by atoms with Gasteiger partial charge in [0, 0.05) is 12.1 Å². The SMILES string of the molecule is N=C[C@@H](CO)c1ccccc1. The number of aliphatic hydroxyl groups is 1. The first-order chi connectivity index (χ1) is 5.38. The Hall–Kier alpha value is -1.15. The monoisotopic (exact) mass is 149 g/mol. The van der Waals surface area contributed by atoms with Crippen molar-refractivity contribution < 1.29 is 5.11 Å². The zero-order valence-corrected chi connectivity index (χ0v) is 6.20. The highest BCUT2D eigenvalue weighted by Crippen LogP contribution is 2.11. The van der Waals surface area contributed by atoms with E-state index < -0.39 is 0 Å². The third-order valence-corrected chi connectivity index (χ3v) is 1.63. The minimum Gasteiger partial charge on any atom is -0.395 e. The van der Waals surface area contributed by atoms with Crippen LogP contribution in [0.3, 0.4) is 0 Å². The number of hydrogen-bond acceptors (Lipinski definition) is 2. The zero-order valence-electron chi connectivity index (χ0n) is 6.20. The maximum Gasteiger partial charge on any atom is 0.0549 e. The third-order valence-electron chi connectivity index (χ3n) is 1.63. The molecule has 2 nitrogen and oxygen atoms in total. The van der Waals surface area contributed by atoms with E-state index in [1.807, 2.05) is 30.3 Å². The summed E-state index contributed by atoms with van der Waals surface area (Å²) >= 11 is 0. The van der Waals surface area contributed by atoms with Gasteiger partial charge in [-0.3, -0.25) is 0 Å². The van der Waals surface area contributed by atoms with Gasteiger partial charge in [-0.1, -0.05) is 30.3 Å². The lowest BCUT2D eigenvalue weighted by Gasteiger charge is -2.06. The number of aliphatic hydroxyl groups excluding tert-OH is 1. The van der Waals surface area contributed by atoms with Gasteiger partial charge in [0.25, 0.3) is 0 Å². The molecule has 0 amide bonds. The summed E-state index contributed by atoms with van der Waals surface area (Å²) in [5, 5.41) is 15.8. The predicted octanol–water partition coefficient (Wildman–Crippen LogP) is 1.41. The van der Waals surface area contributed by atoms with Gasteiger partial charge in [0.2, 0.25) is 0 Å². The van der Waals surface area contributed by atoms with E-state index in [0.717, 1.165) is 5.56 Å². The lowest BCUT2D eigenvalue weighted by molar-refractivity contribution is 0.291. The highest BCUT2D eigenvalue weighted by Gasteiger charge is 2.04. The van der Waals surface area contributed by atoms with Crippen LogP contribution in [0.2, 0.25) is 0 Å². The normalized spacial score (nSPS) is 12.5. The van der Waals surface area contributed by atoms with Crippen molar-refractivity contribution in [3.63, 3.8) is 0 Å². The predicted molar refractivity (Wildman–Crippen MR) is 45.1 cm³/mol. The number of benzene rings is 1. The lowest BCUT2D eigenvalue weighted by atomic mass is 10.0. The van der Waals surface area contributed by atoms with Gasteiger partial charge in [-0.25, -0.2) is 0 Å². The minimum atomic E-state index is -0.142. The summed E-state index contributed by atoms with van der Waals surface area (Å²) in [6.07, 6.45) is 1.26. The van der Waals surface area contributed by atoms with Crippen LogP contribution in [0.4, 0.5) is 0 Å². The van der Waals surface area contributed by atoms with E-state index in [1.54, 1.807) is 0 Å². The molecule has 1 rings (SSSR count). The molecule has 1 aromatic carbocycles. The highest BCUT2D eigenvalue weighted by molar-refractivity contribution is 5.64. The molecular weight excluding hydrogens is 138 g/mol. The van der Waals surface area contributed by atoms with Crippen LogP contribution in [0.1, 0.15) is 11.5 Å². The van der Waals surface area contributed by atoms with Crippen molar-refractivity contribution >= 4 is 6.21 Å². The van der Waals surface area contributed by atoms with Crippen molar-refractivity contribution in [1.29, 1.82) is 5.41 Å². The van der Waals surface area contributed by atoms with Gasteiger partial charge in [0.1, 0.15) is 0 Å². The van der Waals surface area contributed by atoms with Gasteiger partial charge in [-0.2, -0.15) is 0 Å². The van der Waals surface area contributed by atoms with Crippen LogP contribution in [-0.2, 0) is 0 Å². The molecule has 0 radical (unpaired) electrons. The van der Waals surface area contributed by atoms with E-state index in [2.05, 4.69) is 0 Å². The van der Waals surface area contributed by atoms with Crippen molar-refractivity contribution in [2.45, 2.75) is 5.92 Å². The third kappa shape index (κ3) is 1.88. The van der Waals surface area contributed by atoms with Crippen molar-refractivity contribution in [1.82, 2.24) is 0 Å². The summed E-state index contributed by atoms with van der Waals surface area (Å²) in [6, 6.07) is 9.54. The van der Waals surface area contributed by atoms with Gasteiger partial charge in [-0.05, 0) is 5.56 Å². The molecule has 0 fully saturated rings. The minimum absolute atomic E-state index is 0.00745. The molecule has 0 aromatic heterocycles. The molecular formula is C9H11NO. The van der Waals surface area contributed by atoms with Gasteiger partial charge in [0.05, 0.1) is 6.61 Å². The first-order valence-corrected chi connectivity index (χ1v) is 3.55. The molecule has 2 heteroatoms. The first-order valence-electron chi connectivity index (χ1n) is 3.55. The smallest absolute Gasteiger partial charge is 0.0549 e. The molecule has 0 spiro atoms. The molecule has 0 bridgehead atoms. The molecule has 2 N–H and O–H groups in total. The van der Waals surface area contributed by atoms with E-state index in [9.17, 15) is 0 Å². The molecule has 58 valence electrons. The van der Waals surface area contributed by atoms with Crippen LogP contribution in [-0.4, -0.2) is 17.9 Å². The zero-order chi connectivity index (χ0) is 8.10. The number of rotatable bonds is 3. The number of nitrogens with one attached hydrogen (secondary N) is 1. The fourth-order valence-corrected chi connectivity index (χ4v) is 0.955. The fourth-order valence-electron chi connectivity index (χ4n) is 0.955. The summed E-state index contributed by atoms with van der Waals surface area (Å²) in [5.41, 5.74) is 0.991. The summed E-state index contributed by atoms with van der Waals surface area (Å²) in [4.78, 5) is 0. The molecule has 0 heterocycles. The Labute approximate surface area is 66.0 Å². The van der Waals surface area contributed by atoms with E-state index in [4.69, 9.17) is 10.5 Å². The van der Waals surface area contributed by atoms with Crippen LogP contribution in [0.25, 0.3) is 0 Å². The molecule has 11 heavy (non-hydrogen) atoms. The van der Waals surface area contributed by atoms with Crippen molar-refractivity contribution in [2.24, 2.45) is 0 Å². The Bertz CT molecular complexity index is 220. The van der Waals surface area contributed by atoms with Crippen molar-refractivity contribution in [2.75, 3.05) is 6.61 Å². The second kappa shape index (κ2) is 3.88. The average Bonchev–Trinajstić information content (AvgIpc) is 2.09. The highest BCUT2D eigenvalue weighted by atomic mass is 16.3. The maximum absolute atomic E-state index is 8.83. The van der Waals surface area contributed by atoms with E-state index in [-0.39, 0.29) is 12.5 Å². The molecule has 0 saturated carbocycles. The van der Waals surface area contributed by atoms with Crippen molar-refractivity contribution in [3.8, 4) is 0 Å². The molecule has 1 atom stereocenters. The van der Waals surface area contributed by atoms with Gasteiger partial charge >= 0.3 is 0 Å². The second-order valence-corrected chi connectivity index (χ2v) is 2.37. The summed E-state index contributed by atoms with van der Waals surface area (Å²) in [6.45, 7) is 0.00745. The summed E-state index contributed by atoms with van der Waals surface area (Å²) in [7, 11) is 0. The van der Waals surface area contributed by atoms with Gasteiger partial charge < -0.3 is 10.5 Å². The van der Waals surface area contributed by atoms with Gasteiger partial charge in [-0.15, -0.1) is 0 Å². The Morgan fingerprint density at radius 3 is 2.45 bits per heavy atom. The second-order valence-electron chi connectivity index (χ2n) is 2.37. The standard InChI is InChI=1S/C9H11NO/c10-6-9(7-11)8-4-2-1-3-5-8/h1-6,9-11H,7H2/t9-/m0/s1. The fraction of sp³-hybridized carbons (Fsp3) is 0.222.